The molecule has 0 spiro atoms. The minimum Gasteiger partial charge on any atom is -0.387 e. The lowest BCUT2D eigenvalue weighted by molar-refractivity contribution is -0.158. The molecule has 0 aromatic rings. The predicted molar refractivity (Wildman–Crippen MR) is 50.2 cm³/mol. The molecule has 0 aliphatic heterocycles. The van der Waals surface area contributed by atoms with Gasteiger partial charge in [0.15, 0.2) is 6.29 Å². The SMILES string of the molecule is [N-]=[N+]=N[C@@](O)([C@H](O)COP(=O)(O)O)[C@@H](O)C=O. The molecule has 0 fully saturated rings. The molecule has 0 aliphatic rings. The average Bonchev–Trinajstić information content (AvgIpc) is 2.23. The van der Waals surface area contributed by atoms with Crippen LogP contribution in [-0.2, 0) is 13.9 Å². The molecule has 0 saturated carbocycles. The summed E-state index contributed by atoms with van der Waals surface area (Å²) in [5.41, 5.74) is 5.11. The molecule has 0 saturated heterocycles. The van der Waals surface area contributed by atoms with Crippen LogP contribution in [0, 0.1) is 0 Å². The van der Waals surface area contributed by atoms with Gasteiger partial charge in [0.2, 0.25) is 5.72 Å². The quantitative estimate of drug-likeness (QED) is 0.115. The topological polar surface area (TPSA) is 193 Å². The van der Waals surface area contributed by atoms with E-state index in [-0.39, 0.29) is 6.29 Å². The minimum atomic E-state index is -4.92. The smallest absolute Gasteiger partial charge is 0.387 e. The number of carbonyl (C=O) groups is 1. The lowest BCUT2D eigenvalue weighted by atomic mass is 10.0. The van der Waals surface area contributed by atoms with Crippen LogP contribution < -0.4 is 0 Å². The number of phosphoric ester groups is 1. The molecule has 3 atom stereocenters. The number of aliphatic hydroxyl groups excluding tert-OH is 2. The summed E-state index contributed by atoms with van der Waals surface area (Å²) in [4.78, 5) is 29.0. The van der Waals surface area contributed by atoms with Gasteiger partial charge in [-0.3, -0.25) is 4.52 Å². The zero-order valence-electron chi connectivity index (χ0n) is 8.19. The zero-order valence-corrected chi connectivity index (χ0v) is 9.08. The fourth-order valence-corrected chi connectivity index (χ4v) is 1.12. The summed E-state index contributed by atoms with van der Waals surface area (Å²) >= 11 is 0. The van der Waals surface area contributed by atoms with Gasteiger partial charge in [0, 0.05) is 4.91 Å². The van der Waals surface area contributed by atoms with Gasteiger partial charge in [0.25, 0.3) is 0 Å². The van der Waals surface area contributed by atoms with Crippen molar-refractivity contribution in [1.29, 1.82) is 0 Å². The second-order valence-corrected chi connectivity index (χ2v) is 4.09. The molecule has 98 valence electrons. The first kappa shape index (κ1) is 16.0. The summed E-state index contributed by atoms with van der Waals surface area (Å²) < 4.78 is 14.1. The standard InChI is InChI=1S/C5H10N3O8P/c6-8-7-5(12,3(10)1-9)4(11)2-16-17(13,14)15/h1,3-4,10-12H,2H2,(H2,13,14,15)/t3-,4+,5-/m0/s1. The van der Waals surface area contributed by atoms with Gasteiger partial charge in [-0.15, -0.1) is 0 Å². The van der Waals surface area contributed by atoms with Crippen LogP contribution >= 0.6 is 7.82 Å². The Balaban J connectivity index is 4.89. The van der Waals surface area contributed by atoms with E-state index in [1.165, 1.54) is 0 Å². The number of aldehydes is 1. The van der Waals surface area contributed by atoms with Crippen LogP contribution in [0.25, 0.3) is 10.4 Å². The average molecular weight is 271 g/mol. The summed E-state index contributed by atoms with van der Waals surface area (Å²) in [6.07, 6.45) is -4.73. The van der Waals surface area contributed by atoms with E-state index in [9.17, 15) is 19.6 Å². The fraction of sp³-hybridized carbons (Fsp3) is 0.800. The van der Waals surface area contributed by atoms with Gasteiger partial charge in [-0.1, -0.05) is 5.11 Å². The highest BCUT2D eigenvalue weighted by Gasteiger charge is 2.43. The normalized spacial score (nSPS) is 18.6. The molecule has 0 bridgehead atoms. The molecule has 0 aromatic carbocycles. The molecule has 0 amide bonds. The van der Waals surface area contributed by atoms with Gasteiger partial charge in [0.1, 0.15) is 12.2 Å². The van der Waals surface area contributed by atoms with Crippen LogP contribution in [0.15, 0.2) is 5.11 Å². The predicted octanol–water partition coefficient (Wildman–Crippen LogP) is -1.98. The van der Waals surface area contributed by atoms with E-state index in [2.05, 4.69) is 14.5 Å². The Labute approximate surface area is 94.1 Å². The summed E-state index contributed by atoms with van der Waals surface area (Å²) in [6, 6.07) is 0. The van der Waals surface area contributed by atoms with Gasteiger partial charge < -0.3 is 29.9 Å². The first-order valence-electron chi connectivity index (χ1n) is 3.97. The van der Waals surface area contributed by atoms with Crippen LogP contribution in [0.3, 0.4) is 0 Å². The van der Waals surface area contributed by atoms with E-state index < -0.39 is 32.4 Å². The molecule has 17 heavy (non-hydrogen) atoms. The Morgan fingerprint density at radius 1 is 1.53 bits per heavy atom. The van der Waals surface area contributed by atoms with Gasteiger partial charge in [0.05, 0.1) is 6.61 Å². The molecule has 0 radical (unpaired) electrons. The number of aliphatic hydroxyl groups is 3. The second-order valence-electron chi connectivity index (χ2n) is 2.86. The summed E-state index contributed by atoms with van der Waals surface area (Å²) in [6.45, 7) is -1.16. The maximum atomic E-state index is 10.3. The number of carbonyl (C=O) groups excluding carboxylic acids is 1. The molecule has 0 unspecified atom stereocenters. The molecular formula is C5H10N3O8P. The lowest BCUT2D eigenvalue weighted by Crippen LogP contribution is -2.52. The highest BCUT2D eigenvalue weighted by atomic mass is 31.2. The van der Waals surface area contributed by atoms with Gasteiger partial charge in [-0.05, 0) is 5.53 Å². The molecular weight excluding hydrogens is 261 g/mol. The fourth-order valence-electron chi connectivity index (χ4n) is 0.785. The van der Waals surface area contributed by atoms with Crippen molar-refractivity contribution in [3.8, 4) is 0 Å². The van der Waals surface area contributed by atoms with Crippen LogP contribution in [0.5, 0.6) is 0 Å². The molecule has 0 aliphatic carbocycles. The van der Waals surface area contributed by atoms with Crippen LogP contribution in [-0.4, -0.2) is 55.9 Å². The van der Waals surface area contributed by atoms with E-state index in [1.807, 2.05) is 0 Å². The lowest BCUT2D eigenvalue weighted by Gasteiger charge is -2.29. The molecule has 0 rings (SSSR count). The minimum absolute atomic E-state index is 0.227. The van der Waals surface area contributed by atoms with Crippen LogP contribution in [0.2, 0.25) is 0 Å². The Morgan fingerprint density at radius 3 is 2.41 bits per heavy atom. The maximum Gasteiger partial charge on any atom is 0.469 e. The van der Waals surface area contributed by atoms with E-state index in [0.29, 0.717) is 0 Å². The maximum absolute atomic E-state index is 10.3. The van der Waals surface area contributed by atoms with E-state index in [0.717, 1.165) is 0 Å². The second kappa shape index (κ2) is 6.05. The van der Waals surface area contributed by atoms with E-state index in [4.69, 9.17) is 20.4 Å². The third-order valence-electron chi connectivity index (χ3n) is 1.66. The summed E-state index contributed by atoms with van der Waals surface area (Å²) in [7, 11) is -4.92. The highest BCUT2D eigenvalue weighted by Crippen LogP contribution is 2.36. The van der Waals surface area contributed by atoms with Crippen molar-refractivity contribution in [2.75, 3.05) is 6.61 Å². The van der Waals surface area contributed by atoms with E-state index >= 15 is 0 Å². The first-order valence-corrected chi connectivity index (χ1v) is 5.50. The number of rotatable bonds is 7. The van der Waals surface area contributed by atoms with Gasteiger partial charge >= 0.3 is 7.82 Å². The Morgan fingerprint density at radius 2 is 2.06 bits per heavy atom. The van der Waals surface area contributed by atoms with Crippen molar-refractivity contribution in [3.05, 3.63) is 10.4 Å². The van der Waals surface area contributed by atoms with Crippen molar-refractivity contribution >= 4 is 14.1 Å². The Hall–Kier alpha value is -1.03. The van der Waals surface area contributed by atoms with Gasteiger partial charge in [-0.2, -0.15) is 0 Å². The molecule has 0 heterocycles. The first-order chi connectivity index (χ1) is 7.67. The molecule has 12 heteroatoms. The molecule has 11 nitrogen and oxygen atoms in total. The number of hydrogen-bond acceptors (Lipinski definition) is 7. The Kier molecular flexibility index (Phi) is 5.69. The van der Waals surface area contributed by atoms with Crippen molar-refractivity contribution in [2.45, 2.75) is 17.9 Å². The van der Waals surface area contributed by atoms with Crippen LogP contribution in [0.4, 0.5) is 0 Å². The Bertz CT molecular complexity index is 364. The largest absolute Gasteiger partial charge is 0.469 e. The van der Waals surface area contributed by atoms with Crippen LogP contribution in [0.1, 0.15) is 0 Å². The summed E-state index contributed by atoms with van der Waals surface area (Å²) in [5.74, 6) is 0. The van der Waals surface area contributed by atoms with Crippen molar-refractivity contribution < 1.29 is 39.0 Å². The van der Waals surface area contributed by atoms with Crippen molar-refractivity contribution in [3.63, 3.8) is 0 Å². The van der Waals surface area contributed by atoms with Gasteiger partial charge in [-0.25, -0.2) is 4.57 Å². The molecule has 0 aromatic heterocycles. The number of phosphoric acid groups is 1. The van der Waals surface area contributed by atoms with Crippen molar-refractivity contribution in [2.24, 2.45) is 5.11 Å². The van der Waals surface area contributed by atoms with E-state index in [1.54, 1.807) is 0 Å². The highest BCUT2D eigenvalue weighted by molar-refractivity contribution is 7.46. The third-order valence-corrected chi connectivity index (χ3v) is 2.15. The monoisotopic (exact) mass is 271 g/mol. The third kappa shape index (κ3) is 4.77. The number of azide groups is 1. The molecule has 5 N–H and O–H groups in total. The van der Waals surface area contributed by atoms with Crippen molar-refractivity contribution in [1.82, 2.24) is 0 Å². The number of nitrogens with zero attached hydrogens (tertiary/aromatic N) is 3. The zero-order chi connectivity index (χ0) is 13.7. The number of hydrogen-bond donors (Lipinski definition) is 5. The summed E-state index contributed by atoms with van der Waals surface area (Å²) in [5, 5.41) is 30.3.